The zero-order valence-corrected chi connectivity index (χ0v) is 11.3. The molecule has 0 aliphatic carbocycles. The molecule has 0 heterocycles. The Bertz CT molecular complexity index is 482. The summed E-state index contributed by atoms with van der Waals surface area (Å²) in [5.41, 5.74) is 0.818. The summed E-state index contributed by atoms with van der Waals surface area (Å²) in [4.78, 5) is 22.0. The summed E-state index contributed by atoms with van der Waals surface area (Å²) >= 11 is 0. The highest BCUT2D eigenvalue weighted by molar-refractivity contribution is 5.78. The molecule has 1 atom stereocenters. The number of carboxylic acid groups (broad SMARTS) is 1. The van der Waals surface area contributed by atoms with Crippen LogP contribution in [0.2, 0.25) is 0 Å². The smallest absolute Gasteiger partial charge is 0.303 e. The SMILES string of the molecule is CC(CCC(=O)O)NC(=O)C/C=C/c1ccc(F)cc1. The molecule has 0 fully saturated rings. The van der Waals surface area contributed by atoms with Gasteiger partial charge in [0.2, 0.25) is 5.91 Å². The first-order valence-electron chi connectivity index (χ1n) is 6.40. The number of carboxylic acids is 1. The van der Waals surface area contributed by atoms with E-state index in [4.69, 9.17) is 5.11 Å². The molecule has 1 aromatic rings. The molecule has 2 N–H and O–H groups in total. The lowest BCUT2D eigenvalue weighted by molar-refractivity contribution is -0.137. The maximum Gasteiger partial charge on any atom is 0.303 e. The number of hydrogen-bond donors (Lipinski definition) is 2. The molecule has 0 aromatic heterocycles. The van der Waals surface area contributed by atoms with Crippen LogP contribution in [-0.2, 0) is 9.59 Å². The fraction of sp³-hybridized carbons (Fsp3) is 0.333. The summed E-state index contributed by atoms with van der Waals surface area (Å²) in [6.45, 7) is 1.77. The van der Waals surface area contributed by atoms with Crippen molar-refractivity contribution in [2.45, 2.75) is 32.2 Å². The second-order valence-electron chi connectivity index (χ2n) is 4.56. The molecular weight excluding hydrogens is 261 g/mol. The maximum absolute atomic E-state index is 12.7. The fourth-order valence-corrected chi connectivity index (χ4v) is 1.62. The summed E-state index contributed by atoms with van der Waals surface area (Å²) in [5, 5.41) is 11.3. The zero-order chi connectivity index (χ0) is 15.0. The van der Waals surface area contributed by atoms with Crippen molar-refractivity contribution in [3.05, 3.63) is 41.7 Å². The van der Waals surface area contributed by atoms with E-state index in [0.717, 1.165) is 5.56 Å². The number of rotatable bonds is 7. The number of carbonyl (C=O) groups is 2. The largest absolute Gasteiger partial charge is 0.481 e. The number of aliphatic carboxylic acids is 1. The third-order valence-electron chi connectivity index (χ3n) is 2.68. The monoisotopic (exact) mass is 279 g/mol. The van der Waals surface area contributed by atoms with E-state index in [1.807, 2.05) is 0 Å². The molecule has 0 saturated heterocycles. The van der Waals surface area contributed by atoms with Crippen molar-refractivity contribution in [2.24, 2.45) is 0 Å². The first-order chi connectivity index (χ1) is 9.47. The van der Waals surface area contributed by atoms with Gasteiger partial charge < -0.3 is 10.4 Å². The van der Waals surface area contributed by atoms with Crippen LogP contribution in [0.1, 0.15) is 31.7 Å². The summed E-state index contributed by atoms with van der Waals surface area (Å²) < 4.78 is 12.7. The minimum atomic E-state index is -0.873. The van der Waals surface area contributed by atoms with Crippen LogP contribution in [0.3, 0.4) is 0 Å². The van der Waals surface area contributed by atoms with Gasteiger partial charge in [0.1, 0.15) is 5.82 Å². The van der Waals surface area contributed by atoms with Gasteiger partial charge in [-0.2, -0.15) is 0 Å². The van der Waals surface area contributed by atoms with Gasteiger partial charge in [-0.25, -0.2) is 4.39 Å². The molecule has 108 valence electrons. The molecule has 20 heavy (non-hydrogen) atoms. The predicted molar refractivity (Wildman–Crippen MR) is 74.5 cm³/mol. The lowest BCUT2D eigenvalue weighted by atomic mass is 10.1. The van der Waals surface area contributed by atoms with Crippen LogP contribution < -0.4 is 5.32 Å². The molecule has 1 unspecified atom stereocenters. The van der Waals surface area contributed by atoms with Crippen LogP contribution in [-0.4, -0.2) is 23.0 Å². The average molecular weight is 279 g/mol. The topological polar surface area (TPSA) is 66.4 Å². The normalized spacial score (nSPS) is 12.3. The summed E-state index contributed by atoms with van der Waals surface area (Å²) in [6, 6.07) is 5.79. The number of amides is 1. The Morgan fingerprint density at radius 2 is 2.00 bits per heavy atom. The third-order valence-corrected chi connectivity index (χ3v) is 2.68. The lowest BCUT2D eigenvalue weighted by Crippen LogP contribution is -2.32. The van der Waals surface area contributed by atoms with Crippen LogP contribution in [0.15, 0.2) is 30.3 Å². The summed E-state index contributed by atoms with van der Waals surface area (Å²) in [6.07, 6.45) is 4.07. The fourth-order valence-electron chi connectivity index (χ4n) is 1.62. The van der Waals surface area contributed by atoms with Gasteiger partial charge in [0.05, 0.1) is 0 Å². The van der Waals surface area contributed by atoms with Gasteiger partial charge in [-0.05, 0) is 31.0 Å². The standard InChI is InChI=1S/C15H18FNO3/c1-11(5-10-15(19)20)17-14(18)4-2-3-12-6-8-13(16)9-7-12/h2-3,6-9,11H,4-5,10H2,1H3,(H,17,18)(H,19,20)/b3-2+. The van der Waals surface area contributed by atoms with Crippen molar-refractivity contribution in [1.82, 2.24) is 5.32 Å². The minimum absolute atomic E-state index is 0.0346. The highest BCUT2D eigenvalue weighted by atomic mass is 19.1. The van der Waals surface area contributed by atoms with Crippen molar-refractivity contribution >= 4 is 18.0 Å². The Hall–Kier alpha value is -2.17. The van der Waals surface area contributed by atoms with E-state index in [1.165, 1.54) is 12.1 Å². The second kappa shape index (κ2) is 8.09. The van der Waals surface area contributed by atoms with Gasteiger partial charge in [0.15, 0.2) is 0 Å². The molecule has 1 aromatic carbocycles. The molecular formula is C15H18FNO3. The van der Waals surface area contributed by atoms with Gasteiger partial charge in [-0.1, -0.05) is 24.3 Å². The zero-order valence-electron chi connectivity index (χ0n) is 11.3. The predicted octanol–water partition coefficient (Wildman–Crippen LogP) is 2.60. The number of benzene rings is 1. The molecule has 1 amide bonds. The molecule has 1 rings (SSSR count). The van der Waals surface area contributed by atoms with Crippen molar-refractivity contribution in [1.29, 1.82) is 0 Å². The van der Waals surface area contributed by atoms with E-state index in [2.05, 4.69) is 5.32 Å². The first kappa shape index (κ1) is 15.9. The molecule has 0 aliphatic rings. The van der Waals surface area contributed by atoms with E-state index >= 15 is 0 Å². The summed E-state index contributed by atoms with van der Waals surface area (Å²) in [7, 11) is 0. The quantitative estimate of drug-likeness (QED) is 0.806. The van der Waals surface area contributed by atoms with E-state index in [-0.39, 0.29) is 30.6 Å². The second-order valence-corrected chi connectivity index (χ2v) is 4.56. The lowest BCUT2D eigenvalue weighted by Gasteiger charge is -2.11. The molecule has 5 heteroatoms. The number of halogens is 1. The van der Waals surface area contributed by atoms with Crippen molar-refractivity contribution < 1.29 is 19.1 Å². The molecule has 0 aliphatic heterocycles. The van der Waals surface area contributed by atoms with E-state index in [1.54, 1.807) is 31.2 Å². The van der Waals surface area contributed by atoms with Gasteiger partial charge in [0, 0.05) is 18.9 Å². The van der Waals surface area contributed by atoms with Crippen LogP contribution in [0, 0.1) is 5.82 Å². The Balaban J connectivity index is 2.32. The Labute approximate surface area is 117 Å². The van der Waals surface area contributed by atoms with E-state index in [9.17, 15) is 14.0 Å². The Kier molecular flexibility index (Phi) is 6.43. The molecule has 0 radical (unpaired) electrons. The number of carbonyl (C=O) groups excluding carboxylic acids is 1. The Morgan fingerprint density at radius 3 is 2.60 bits per heavy atom. The van der Waals surface area contributed by atoms with Gasteiger partial charge >= 0.3 is 5.97 Å². The van der Waals surface area contributed by atoms with Crippen LogP contribution in [0.5, 0.6) is 0 Å². The maximum atomic E-state index is 12.7. The van der Waals surface area contributed by atoms with Crippen LogP contribution in [0.25, 0.3) is 6.08 Å². The first-order valence-corrected chi connectivity index (χ1v) is 6.40. The van der Waals surface area contributed by atoms with Gasteiger partial charge in [-0.3, -0.25) is 9.59 Å². The van der Waals surface area contributed by atoms with Crippen molar-refractivity contribution in [3.8, 4) is 0 Å². The molecule has 0 bridgehead atoms. The Morgan fingerprint density at radius 1 is 1.35 bits per heavy atom. The van der Waals surface area contributed by atoms with Gasteiger partial charge in [-0.15, -0.1) is 0 Å². The third kappa shape index (κ3) is 6.68. The van der Waals surface area contributed by atoms with E-state index in [0.29, 0.717) is 6.42 Å². The number of hydrogen-bond acceptors (Lipinski definition) is 2. The van der Waals surface area contributed by atoms with E-state index < -0.39 is 5.97 Å². The highest BCUT2D eigenvalue weighted by Crippen LogP contribution is 2.05. The molecule has 0 saturated carbocycles. The molecule has 4 nitrogen and oxygen atoms in total. The average Bonchev–Trinajstić information content (AvgIpc) is 2.38. The van der Waals surface area contributed by atoms with Crippen LogP contribution >= 0.6 is 0 Å². The van der Waals surface area contributed by atoms with Crippen molar-refractivity contribution in [2.75, 3.05) is 0 Å². The minimum Gasteiger partial charge on any atom is -0.481 e. The number of nitrogens with one attached hydrogen (secondary N) is 1. The molecule has 0 spiro atoms. The highest BCUT2D eigenvalue weighted by Gasteiger charge is 2.07. The summed E-state index contributed by atoms with van der Waals surface area (Å²) in [5.74, 6) is -1.34. The van der Waals surface area contributed by atoms with Crippen LogP contribution in [0.4, 0.5) is 4.39 Å². The van der Waals surface area contributed by atoms with Crippen molar-refractivity contribution in [3.63, 3.8) is 0 Å². The van der Waals surface area contributed by atoms with Gasteiger partial charge in [0.25, 0.3) is 0 Å².